The maximum atomic E-state index is 5.99. The molecule has 0 unspecified atom stereocenters. The third-order valence-corrected chi connectivity index (χ3v) is 5.58. The topological polar surface area (TPSA) is 35.3 Å². The number of aryl methyl sites for hydroxylation is 1. The zero-order valence-electron chi connectivity index (χ0n) is 19.7. The normalized spacial score (nSPS) is 11.6. The minimum atomic E-state index is 0.588. The molecular weight excluding hydrogens is 382 g/mol. The molecule has 3 nitrogen and oxygen atoms in total. The summed E-state index contributed by atoms with van der Waals surface area (Å²) >= 11 is 0. The number of nitrogens with zero attached hydrogens (tertiary/aromatic N) is 1. The van der Waals surface area contributed by atoms with Gasteiger partial charge in [0.05, 0.1) is 12.3 Å². The molecule has 3 aromatic rings. The van der Waals surface area contributed by atoms with Crippen molar-refractivity contribution in [1.29, 1.82) is 0 Å². The van der Waals surface area contributed by atoms with Crippen LogP contribution in [0.2, 0.25) is 0 Å². The van der Waals surface area contributed by atoms with E-state index in [1.54, 1.807) is 0 Å². The van der Waals surface area contributed by atoms with E-state index in [-0.39, 0.29) is 0 Å². The molecule has 0 spiro atoms. The van der Waals surface area contributed by atoms with Crippen LogP contribution in [0.15, 0.2) is 59.0 Å². The highest BCUT2D eigenvalue weighted by atomic mass is 16.5. The molecule has 0 amide bonds. The zero-order valence-corrected chi connectivity index (χ0v) is 19.7. The number of hydrogen-bond donors (Lipinski definition) is 0. The summed E-state index contributed by atoms with van der Waals surface area (Å²) in [6.45, 7) is 11.8. The molecule has 31 heavy (non-hydrogen) atoms. The first-order valence-corrected chi connectivity index (χ1v) is 11.6. The van der Waals surface area contributed by atoms with Gasteiger partial charge in [0.25, 0.3) is 0 Å². The number of oxazole rings is 1. The van der Waals surface area contributed by atoms with Crippen molar-refractivity contribution < 1.29 is 9.15 Å². The maximum Gasteiger partial charge on any atom is 0.226 e. The molecule has 0 aliphatic rings. The molecule has 0 fully saturated rings. The summed E-state index contributed by atoms with van der Waals surface area (Å²) in [6, 6.07) is 18.7. The molecule has 1 aromatic heterocycles. The van der Waals surface area contributed by atoms with Crippen LogP contribution >= 0.6 is 0 Å². The Kier molecular flexibility index (Phi) is 8.34. The molecule has 2 aromatic carbocycles. The Bertz CT molecular complexity index is 900. The Labute approximate surface area is 187 Å². The molecule has 1 heterocycles. The number of ether oxygens (including phenoxy) is 1. The van der Waals surface area contributed by atoms with Crippen LogP contribution < -0.4 is 4.74 Å². The number of hydrogen-bond acceptors (Lipinski definition) is 3. The first-order valence-electron chi connectivity index (χ1n) is 11.6. The molecule has 0 atom stereocenters. The molecule has 0 radical (unpaired) electrons. The van der Waals surface area contributed by atoms with Crippen LogP contribution in [-0.4, -0.2) is 11.6 Å². The average Bonchev–Trinajstić information content (AvgIpc) is 3.10. The fraction of sp³-hybridized carbons (Fsp3) is 0.464. The van der Waals surface area contributed by atoms with Gasteiger partial charge in [-0.15, -0.1) is 0 Å². The van der Waals surface area contributed by atoms with Gasteiger partial charge < -0.3 is 9.15 Å². The Morgan fingerprint density at radius 2 is 1.52 bits per heavy atom. The number of aromatic nitrogens is 1. The van der Waals surface area contributed by atoms with E-state index < -0.39 is 0 Å². The van der Waals surface area contributed by atoms with Crippen molar-refractivity contribution >= 4 is 0 Å². The summed E-state index contributed by atoms with van der Waals surface area (Å²) in [4.78, 5) is 4.66. The van der Waals surface area contributed by atoms with Crippen LogP contribution in [-0.2, 0) is 12.8 Å². The smallest absolute Gasteiger partial charge is 0.226 e. The van der Waals surface area contributed by atoms with Crippen molar-refractivity contribution in [3.8, 4) is 17.2 Å². The third kappa shape index (κ3) is 7.27. The summed E-state index contributed by atoms with van der Waals surface area (Å²) in [6.07, 6.45) is 4.46. The second-order valence-corrected chi connectivity index (χ2v) is 9.46. The Morgan fingerprint density at radius 3 is 2.13 bits per heavy atom. The minimum Gasteiger partial charge on any atom is -0.493 e. The molecule has 0 bridgehead atoms. The molecule has 0 aliphatic heterocycles. The molecule has 0 saturated heterocycles. The van der Waals surface area contributed by atoms with Gasteiger partial charge in [-0.25, -0.2) is 4.98 Å². The lowest BCUT2D eigenvalue weighted by molar-refractivity contribution is 0.319. The van der Waals surface area contributed by atoms with E-state index in [1.807, 2.05) is 37.3 Å². The highest BCUT2D eigenvalue weighted by Crippen LogP contribution is 2.25. The molecule has 3 rings (SSSR count). The van der Waals surface area contributed by atoms with E-state index in [1.165, 1.54) is 18.4 Å². The monoisotopic (exact) mass is 419 g/mol. The molecular formula is C28H37NO2. The van der Waals surface area contributed by atoms with Gasteiger partial charge >= 0.3 is 0 Å². The lowest BCUT2D eigenvalue weighted by atomic mass is 9.85. The zero-order chi connectivity index (χ0) is 22.2. The highest BCUT2D eigenvalue weighted by Gasteiger charge is 2.14. The van der Waals surface area contributed by atoms with E-state index in [0.717, 1.165) is 53.4 Å². The predicted octanol–water partition coefficient (Wildman–Crippen LogP) is 7.52. The third-order valence-electron chi connectivity index (χ3n) is 5.58. The maximum absolute atomic E-state index is 5.99. The van der Waals surface area contributed by atoms with Crippen LogP contribution in [0.1, 0.15) is 57.6 Å². The summed E-state index contributed by atoms with van der Waals surface area (Å²) in [5, 5.41) is 0. The highest BCUT2D eigenvalue weighted by molar-refractivity contribution is 5.53. The van der Waals surface area contributed by atoms with Gasteiger partial charge in [0.1, 0.15) is 11.5 Å². The van der Waals surface area contributed by atoms with Crippen molar-refractivity contribution in [2.24, 2.45) is 17.8 Å². The standard InChI is InChI=1S/C28H37NO2/c1-20(2)17-24(18-21(3)4)19-23-11-13-26(14-12-23)30-16-15-27-22(5)31-28(29-27)25-9-7-6-8-10-25/h6-14,20-21,24H,15-19H2,1-5H3. The fourth-order valence-electron chi connectivity index (χ4n) is 4.28. The van der Waals surface area contributed by atoms with Crippen molar-refractivity contribution in [2.75, 3.05) is 6.61 Å². The first kappa shape index (κ1) is 23.1. The SMILES string of the molecule is Cc1oc(-c2ccccc2)nc1CCOc1ccc(CC(CC(C)C)CC(C)C)cc1. The summed E-state index contributed by atoms with van der Waals surface area (Å²) in [5.41, 5.74) is 3.36. The van der Waals surface area contributed by atoms with Crippen LogP contribution in [0.25, 0.3) is 11.5 Å². The van der Waals surface area contributed by atoms with E-state index >= 15 is 0 Å². The van der Waals surface area contributed by atoms with E-state index in [4.69, 9.17) is 9.15 Å². The molecule has 0 aliphatic carbocycles. The Balaban J connectivity index is 1.52. The van der Waals surface area contributed by atoms with Crippen molar-refractivity contribution in [1.82, 2.24) is 4.98 Å². The minimum absolute atomic E-state index is 0.588. The largest absolute Gasteiger partial charge is 0.493 e. The van der Waals surface area contributed by atoms with Crippen LogP contribution in [0, 0.1) is 24.7 Å². The van der Waals surface area contributed by atoms with Gasteiger partial charge in [0, 0.05) is 12.0 Å². The van der Waals surface area contributed by atoms with Crippen LogP contribution in [0.5, 0.6) is 5.75 Å². The fourth-order valence-corrected chi connectivity index (χ4v) is 4.28. The first-order chi connectivity index (χ1) is 14.9. The van der Waals surface area contributed by atoms with Crippen LogP contribution in [0.3, 0.4) is 0 Å². The Hall–Kier alpha value is -2.55. The van der Waals surface area contributed by atoms with Gasteiger partial charge in [-0.3, -0.25) is 0 Å². The predicted molar refractivity (Wildman–Crippen MR) is 128 cm³/mol. The molecule has 0 N–H and O–H groups in total. The van der Waals surface area contributed by atoms with Gasteiger partial charge in [0.15, 0.2) is 0 Å². The number of rotatable bonds is 11. The van der Waals surface area contributed by atoms with Gasteiger partial charge in [-0.05, 0) is 73.8 Å². The second kappa shape index (κ2) is 11.2. The molecule has 3 heteroatoms. The summed E-state index contributed by atoms with van der Waals surface area (Å²) in [7, 11) is 0. The lowest BCUT2D eigenvalue weighted by Crippen LogP contribution is -2.11. The van der Waals surface area contributed by atoms with Crippen LogP contribution in [0.4, 0.5) is 0 Å². The summed E-state index contributed by atoms with van der Waals surface area (Å²) in [5.74, 6) is 4.69. The molecule has 166 valence electrons. The van der Waals surface area contributed by atoms with Crippen molar-refractivity contribution in [2.45, 2.75) is 60.3 Å². The van der Waals surface area contributed by atoms with Gasteiger partial charge in [-0.1, -0.05) is 58.0 Å². The van der Waals surface area contributed by atoms with E-state index in [0.29, 0.717) is 12.5 Å². The Morgan fingerprint density at radius 1 is 0.871 bits per heavy atom. The van der Waals surface area contributed by atoms with Crippen molar-refractivity contribution in [3.63, 3.8) is 0 Å². The van der Waals surface area contributed by atoms with Crippen molar-refractivity contribution in [3.05, 3.63) is 71.6 Å². The quantitative estimate of drug-likeness (QED) is 0.322. The lowest BCUT2D eigenvalue weighted by Gasteiger charge is -2.21. The molecule has 0 saturated carbocycles. The average molecular weight is 420 g/mol. The second-order valence-electron chi connectivity index (χ2n) is 9.46. The van der Waals surface area contributed by atoms with E-state index in [2.05, 4.69) is 56.9 Å². The number of benzene rings is 2. The van der Waals surface area contributed by atoms with Gasteiger partial charge in [0.2, 0.25) is 5.89 Å². The van der Waals surface area contributed by atoms with Gasteiger partial charge in [-0.2, -0.15) is 0 Å². The van der Waals surface area contributed by atoms with E-state index in [9.17, 15) is 0 Å². The summed E-state index contributed by atoms with van der Waals surface area (Å²) < 4.78 is 11.8.